The third-order valence-corrected chi connectivity index (χ3v) is 11.7. The molecule has 0 bridgehead atoms. The molecule has 0 aliphatic carbocycles. The number of nitrogens with one attached hydrogen (secondary N) is 1. The Labute approximate surface area is 365 Å². The molecule has 0 saturated heterocycles. The lowest BCUT2D eigenvalue weighted by atomic mass is 10.0. The molecule has 3 unspecified atom stereocenters. The second-order valence-corrected chi connectivity index (χ2v) is 19.2. The van der Waals surface area contributed by atoms with Crippen molar-refractivity contribution in [2.75, 3.05) is 40.9 Å². The lowest BCUT2D eigenvalue weighted by Crippen LogP contribution is -2.45. The number of nitrogens with zero attached hydrogens (tertiary/aromatic N) is 1. The molecule has 0 aromatic rings. The quantitative estimate of drug-likeness (QED) is 0.0274. The lowest BCUT2D eigenvalue weighted by molar-refractivity contribution is -0.870. The number of allylic oxidation sites excluding steroid dienone is 7. The standard InChI is InChI=1S/C50H95N2O6P/c1-6-8-10-12-14-16-18-19-20-21-22-23-24-25-26-27-28-29-30-31-32-33-34-36-38-40-42-44-50(54)51-48(47-58-59(55,56)57-46-45-52(3,4)5)49(53)43-41-39-37-35-17-15-13-11-9-7-2/h18-19,21-22,24-25,41,43,48-49,53H,6-17,20,23,26-40,42,44-47H2,1-5H3,(H-,51,54,55,56)/b19-18-,22-21-,25-24-,43-41+. The number of aliphatic hydroxyl groups is 1. The van der Waals surface area contributed by atoms with Crippen molar-refractivity contribution in [2.45, 2.75) is 225 Å². The summed E-state index contributed by atoms with van der Waals surface area (Å²) < 4.78 is 23.2. The van der Waals surface area contributed by atoms with Gasteiger partial charge in [-0.2, -0.15) is 0 Å². The SMILES string of the molecule is CCCCCCC/C=C\C/C=C\C/C=C\CCCCCCCCCCCCCCC(=O)NC(COP(=O)([O-])OCC[N+](C)(C)C)C(O)/C=C/CCCCCCCCCC. The van der Waals surface area contributed by atoms with Crippen LogP contribution in [-0.4, -0.2) is 68.5 Å². The molecule has 0 heterocycles. The van der Waals surface area contributed by atoms with Gasteiger partial charge < -0.3 is 28.8 Å². The molecule has 0 aromatic heterocycles. The van der Waals surface area contributed by atoms with Gasteiger partial charge in [-0.05, 0) is 57.8 Å². The van der Waals surface area contributed by atoms with Crippen molar-refractivity contribution in [3.63, 3.8) is 0 Å². The topological polar surface area (TPSA) is 108 Å². The van der Waals surface area contributed by atoms with Crippen LogP contribution in [0.3, 0.4) is 0 Å². The van der Waals surface area contributed by atoms with Crippen LogP contribution in [0.2, 0.25) is 0 Å². The molecule has 0 fully saturated rings. The minimum absolute atomic E-state index is 0.00241. The maximum Gasteiger partial charge on any atom is 0.268 e. The van der Waals surface area contributed by atoms with E-state index in [-0.39, 0.29) is 19.1 Å². The van der Waals surface area contributed by atoms with Crippen molar-refractivity contribution in [3.05, 3.63) is 48.6 Å². The van der Waals surface area contributed by atoms with Crippen LogP contribution in [0.1, 0.15) is 213 Å². The Bertz CT molecular complexity index is 1100. The molecular formula is C50H95N2O6P. The summed E-state index contributed by atoms with van der Waals surface area (Å²) in [5, 5.41) is 13.7. The second-order valence-electron chi connectivity index (χ2n) is 17.8. The zero-order chi connectivity index (χ0) is 43.6. The average molecular weight is 851 g/mol. The molecule has 3 atom stereocenters. The summed E-state index contributed by atoms with van der Waals surface area (Å²) in [5.74, 6) is -0.202. The first-order chi connectivity index (χ1) is 28.5. The van der Waals surface area contributed by atoms with Crippen molar-refractivity contribution in [1.82, 2.24) is 5.32 Å². The number of unbranched alkanes of at least 4 members (excludes halogenated alkanes) is 25. The van der Waals surface area contributed by atoms with E-state index >= 15 is 0 Å². The van der Waals surface area contributed by atoms with E-state index in [4.69, 9.17) is 9.05 Å². The van der Waals surface area contributed by atoms with Crippen LogP contribution < -0.4 is 10.2 Å². The zero-order valence-corrected chi connectivity index (χ0v) is 40.1. The number of aliphatic hydroxyl groups excluding tert-OH is 1. The minimum Gasteiger partial charge on any atom is -0.756 e. The molecule has 2 N–H and O–H groups in total. The van der Waals surface area contributed by atoms with Crippen molar-refractivity contribution >= 4 is 13.7 Å². The van der Waals surface area contributed by atoms with Gasteiger partial charge in [-0.3, -0.25) is 9.36 Å². The Kier molecular flexibility index (Phi) is 40.7. The first kappa shape index (κ1) is 57.5. The van der Waals surface area contributed by atoms with Crippen LogP contribution in [0, 0.1) is 0 Å². The largest absolute Gasteiger partial charge is 0.756 e. The summed E-state index contributed by atoms with van der Waals surface area (Å²) in [7, 11) is 1.26. The van der Waals surface area contributed by atoms with Gasteiger partial charge in [-0.1, -0.05) is 197 Å². The molecule has 0 aliphatic rings. The van der Waals surface area contributed by atoms with Crippen LogP contribution in [0.4, 0.5) is 0 Å². The number of likely N-dealkylation sites (N-methyl/N-ethyl adjacent to an activating group) is 1. The molecule has 59 heavy (non-hydrogen) atoms. The molecule has 0 aliphatic heterocycles. The van der Waals surface area contributed by atoms with Gasteiger partial charge in [0.15, 0.2) is 0 Å². The first-order valence-electron chi connectivity index (χ1n) is 24.5. The summed E-state index contributed by atoms with van der Waals surface area (Å²) in [6.45, 7) is 4.61. The Hall–Kier alpha value is -1.54. The lowest BCUT2D eigenvalue weighted by Gasteiger charge is -2.29. The van der Waals surface area contributed by atoms with E-state index in [2.05, 4.69) is 55.6 Å². The maximum absolute atomic E-state index is 12.9. The van der Waals surface area contributed by atoms with Gasteiger partial charge in [-0.15, -0.1) is 0 Å². The molecule has 0 saturated carbocycles. The number of hydrogen-bond donors (Lipinski definition) is 2. The first-order valence-corrected chi connectivity index (χ1v) is 26.0. The predicted molar refractivity (Wildman–Crippen MR) is 251 cm³/mol. The van der Waals surface area contributed by atoms with Gasteiger partial charge in [0.05, 0.1) is 39.9 Å². The second kappa shape index (κ2) is 41.8. The molecule has 0 aromatic carbocycles. The minimum atomic E-state index is -4.59. The average Bonchev–Trinajstić information content (AvgIpc) is 3.19. The number of quaternary nitrogens is 1. The summed E-state index contributed by atoms with van der Waals surface area (Å²) in [6.07, 6.45) is 53.1. The Morgan fingerprint density at radius 3 is 1.42 bits per heavy atom. The van der Waals surface area contributed by atoms with Gasteiger partial charge in [0.1, 0.15) is 13.2 Å². The van der Waals surface area contributed by atoms with Gasteiger partial charge in [0, 0.05) is 6.42 Å². The molecule has 346 valence electrons. The van der Waals surface area contributed by atoms with Gasteiger partial charge in [0.25, 0.3) is 7.82 Å². The van der Waals surface area contributed by atoms with Crippen LogP contribution in [0.5, 0.6) is 0 Å². The Morgan fingerprint density at radius 2 is 0.983 bits per heavy atom. The third-order valence-electron chi connectivity index (χ3n) is 10.8. The van der Waals surface area contributed by atoms with Crippen LogP contribution in [0.25, 0.3) is 0 Å². The van der Waals surface area contributed by atoms with Gasteiger partial charge >= 0.3 is 0 Å². The number of carbonyl (C=O) groups excluding carboxylic acids is 1. The highest BCUT2D eigenvalue weighted by molar-refractivity contribution is 7.45. The number of phosphoric acid groups is 1. The maximum atomic E-state index is 12.9. The number of amides is 1. The summed E-state index contributed by atoms with van der Waals surface area (Å²) in [5.41, 5.74) is 0. The highest BCUT2D eigenvalue weighted by Gasteiger charge is 2.23. The number of phosphoric ester groups is 1. The number of hydrogen-bond acceptors (Lipinski definition) is 6. The Morgan fingerprint density at radius 1 is 0.593 bits per heavy atom. The molecule has 9 heteroatoms. The molecular weight excluding hydrogens is 756 g/mol. The molecule has 0 rings (SSSR count). The Balaban J connectivity index is 4.15. The smallest absolute Gasteiger partial charge is 0.268 e. The van der Waals surface area contributed by atoms with Crippen LogP contribution in [-0.2, 0) is 18.4 Å². The van der Waals surface area contributed by atoms with E-state index in [1.807, 2.05) is 27.2 Å². The van der Waals surface area contributed by atoms with E-state index in [1.54, 1.807) is 6.08 Å². The molecule has 0 spiro atoms. The zero-order valence-electron chi connectivity index (χ0n) is 39.2. The van der Waals surface area contributed by atoms with E-state index in [0.717, 1.165) is 51.4 Å². The van der Waals surface area contributed by atoms with E-state index in [0.29, 0.717) is 17.4 Å². The van der Waals surface area contributed by atoms with Crippen molar-refractivity contribution in [3.8, 4) is 0 Å². The van der Waals surface area contributed by atoms with E-state index in [9.17, 15) is 19.4 Å². The fourth-order valence-electron chi connectivity index (χ4n) is 6.86. The fraction of sp³-hybridized carbons (Fsp3) is 0.820. The number of carbonyl (C=O) groups is 1. The van der Waals surface area contributed by atoms with Crippen LogP contribution >= 0.6 is 7.82 Å². The summed E-state index contributed by atoms with van der Waals surface area (Å²) in [6, 6.07) is -0.886. The van der Waals surface area contributed by atoms with Gasteiger partial charge in [-0.25, -0.2) is 0 Å². The summed E-state index contributed by atoms with van der Waals surface area (Å²) >= 11 is 0. The monoisotopic (exact) mass is 851 g/mol. The fourth-order valence-corrected chi connectivity index (χ4v) is 7.59. The van der Waals surface area contributed by atoms with Crippen LogP contribution in [0.15, 0.2) is 48.6 Å². The molecule has 8 nitrogen and oxygen atoms in total. The van der Waals surface area contributed by atoms with Crippen molar-refractivity contribution < 1.29 is 32.9 Å². The highest BCUT2D eigenvalue weighted by atomic mass is 31.2. The predicted octanol–water partition coefficient (Wildman–Crippen LogP) is 13.4. The highest BCUT2D eigenvalue weighted by Crippen LogP contribution is 2.38. The van der Waals surface area contributed by atoms with E-state index in [1.165, 1.54) is 141 Å². The molecule has 0 radical (unpaired) electrons. The van der Waals surface area contributed by atoms with Gasteiger partial charge in [0.2, 0.25) is 5.91 Å². The van der Waals surface area contributed by atoms with Crippen molar-refractivity contribution in [2.24, 2.45) is 0 Å². The molecule has 1 amide bonds. The van der Waals surface area contributed by atoms with E-state index < -0.39 is 20.0 Å². The number of rotatable bonds is 44. The summed E-state index contributed by atoms with van der Waals surface area (Å²) in [4.78, 5) is 25.3. The third kappa shape index (κ3) is 44.3. The normalized spacial score (nSPS) is 14.6. The van der Waals surface area contributed by atoms with Crippen molar-refractivity contribution in [1.29, 1.82) is 0 Å².